The van der Waals surface area contributed by atoms with E-state index >= 15 is 0 Å². The van der Waals surface area contributed by atoms with Gasteiger partial charge in [0.2, 0.25) is 5.91 Å². The molecule has 0 atom stereocenters. The Morgan fingerprint density at radius 2 is 2.00 bits per heavy atom. The first-order chi connectivity index (χ1) is 15.9. The first-order valence-electron chi connectivity index (χ1n) is 10.5. The first-order valence-corrected chi connectivity index (χ1v) is 10.5. The average Bonchev–Trinajstić information content (AvgIpc) is 3.15. The van der Waals surface area contributed by atoms with E-state index < -0.39 is 0 Å². The molecule has 0 spiro atoms. The molecule has 0 fully saturated rings. The van der Waals surface area contributed by atoms with Crippen molar-refractivity contribution in [3.8, 4) is 28.3 Å². The molecule has 0 unspecified atom stereocenters. The van der Waals surface area contributed by atoms with Crippen LogP contribution in [-0.4, -0.2) is 46.0 Å². The second-order valence-electron chi connectivity index (χ2n) is 8.03. The SMILES string of the molecule is CN(C)C/C=C/C(=O)Nc1cccc(-c2cnc3c(c2)c(-c2ccnc(C#N)c2)cn3C)c1. The van der Waals surface area contributed by atoms with Crippen LogP contribution in [0.2, 0.25) is 0 Å². The highest BCUT2D eigenvalue weighted by molar-refractivity contribution is 6.00. The van der Waals surface area contributed by atoms with Gasteiger partial charge in [-0.1, -0.05) is 18.2 Å². The molecule has 1 amide bonds. The number of aromatic nitrogens is 3. The highest BCUT2D eigenvalue weighted by Gasteiger charge is 2.12. The van der Waals surface area contributed by atoms with Crippen molar-refractivity contribution in [2.45, 2.75) is 0 Å². The summed E-state index contributed by atoms with van der Waals surface area (Å²) in [5, 5.41) is 13.1. The van der Waals surface area contributed by atoms with Gasteiger partial charge in [0.1, 0.15) is 17.4 Å². The summed E-state index contributed by atoms with van der Waals surface area (Å²) < 4.78 is 1.97. The Morgan fingerprint density at radius 1 is 1.15 bits per heavy atom. The van der Waals surface area contributed by atoms with Crippen LogP contribution in [0, 0.1) is 11.3 Å². The molecule has 4 rings (SSSR count). The van der Waals surface area contributed by atoms with Gasteiger partial charge in [-0.05, 0) is 55.6 Å². The third-order valence-electron chi connectivity index (χ3n) is 5.20. The van der Waals surface area contributed by atoms with Crippen molar-refractivity contribution in [2.24, 2.45) is 7.05 Å². The molecule has 1 N–H and O–H groups in total. The van der Waals surface area contributed by atoms with Crippen molar-refractivity contribution in [3.63, 3.8) is 0 Å². The number of hydrogen-bond acceptors (Lipinski definition) is 5. The second-order valence-corrected chi connectivity index (χ2v) is 8.03. The van der Waals surface area contributed by atoms with Crippen molar-refractivity contribution >= 4 is 22.6 Å². The lowest BCUT2D eigenvalue weighted by Gasteiger charge is -2.08. The topological polar surface area (TPSA) is 86.8 Å². The number of fused-ring (bicyclic) bond motifs is 1. The molecule has 3 heterocycles. The Bertz CT molecular complexity index is 1390. The minimum absolute atomic E-state index is 0.168. The standard InChI is InChI=1S/C26H24N6O/c1-31(2)11-5-8-25(33)30-21-7-4-6-18(12-21)20-14-23-24(17-32(3)26(23)29-16-20)19-9-10-28-22(13-19)15-27/h4-10,12-14,16-17H,11H2,1-3H3,(H,30,33)/b8-5+. The molecule has 7 nitrogen and oxygen atoms in total. The third-order valence-corrected chi connectivity index (χ3v) is 5.20. The predicted molar refractivity (Wildman–Crippen MR) is 130 cm³/mol. The molecule has 0 aliphatic heterocycles. The van der Waals surface area contributed by atoms with Gasteiger partial charge in [0.05, 0.1) is 0 Å². The average molecular weight is 437 g/mol. The zero-order valence-electron chi connectivity index (χ0n) is 18.8. The Morgan fingerprint density at radius 3 is 2.79 bits per heavy atom. The number of nitriles is 1. The van der Waals surface area contributed by atoms with E-state index in [0.717, 1.165) is 33.3 Å². The minimum Gasteiger partial charge on any atom is -0.335 e. The zero-order valence-corrected chi connectivity index (χ0v) is 18.8. The number of carbonyl (C=O) groups is 1. The second kappa shape index (κ2) is 9.47. The molecule has 0 radical (unpaired) electrons. The fourth-order valence-corrected chi connectivity index (χ4v) is 3.64. The van der Waals surface area contributed by atoms with Gasteiger partial charge in [0.15, 0.2) is 0 Å². The molecule has 1 aromatic carbocycles. The van der Waals surface area contributed by atoms with Gasteiger partial charge in [0, 0.05) is 60.5 Å². The van der Waals surface area contributed by atoms with Crippen molar-refractivity contribution in [1.82, 2.24) is 19.4 Å². The number of aryl methyl sites for hydroxylation is 1. The number of nitrogens with one attached hydrogen (secondary N) is 1. The number of carbonyl (C=O) groups excluding carboxylic acids is 1. The van der Waals surface area contributed by atoms with Gasteiger partial charge >= 0.3 is 0 Å². The monoisotopic (exact) mass is 436 g/mol. The van der Waals surface area contributed by atoms with Crippen molar-refractivity contribution < 1.29 is 4.79 Å². The molecule has 4 aromatic rings. The number of anilines is 1. The molecule has 164 valence electrons. The van der Waals surface area contributed by atoms with Crippen LogP contribution >= 0.6 is 0 Å². The Balaban J connectivity index is 1.67. The van der Waals surface area contributed by atoms with Gasteiger partial charge in [-0.3, -0.25) is 4.79 Å². The van der Waals surface area contributed by atoms with Crippen LogP contribution in [0.1, 0.15) is 5.69 Å². The number of hydrogen-bond donors (Lipinski definition) is 1. The molecule has 0 aliphatic rings. The lowest BCUT2D eigenvalue weighted by molar-refractivity contribution is -0.111. The van der Waals surface area contributed by atoms with Crippen LogP contribution in [0.25, 0.3) is 33.3 Å². The summed E-state index contributed by atoms with van der Waals surface area (Å²) in [7, 11) is 5.85. The number of benzene rings is 1. The van der Waals surface area contributed by atoms with E-state index in [1.54, 1.807) is 18.3 Å². The fraction of sp³-hybridized carbons (Fsp3) is 0.154. The third kappa shape index (κ3) is 4.97. The van der Waals surface area contributed by atoms with Crippen molar-refractivity contribution in [2.75, 3.05) is 26.0 Å². The summed E-state index contributed by atoms with van der Waals surface area (Å²) in [4.78, 5) is 22.9. The van der Waals surface area contributed by atoms with E-state index in [2.05, 4.69) is 27.4 Å². The van der Waals surface area contributed by atoms with Gasteiger partial charge in [0.25, 0.3) is 0 Å². The quantitative estimate of drug-likeness (QED) is 0.457. The fourth-order valence-electron chi connectivity index (χ4n) is 3.64. The molecule has 0 saturated heterocycles. The van der Waals surface area contributed by atoms with E-state index in [0.29, 0.717) is 17.9 Å². The van der Waals surface area contributed by atoms with Crippen LogP contribution in [0.4, 0.5) is 5.69 Å². The zero-order chi connectivity index (χ0) is 23.4. The smallest absolute Gasteiger partial charge is 0.248 e. The summed E-state index contributed by atoms with van der Waals surface area (Å²) >= 11 is 0. The molecule has 0 bridgehead atoms. The highest BCUT2D eigenvalue weighted by Crippen LogP contribution is 2.33. The summed E-state index contributed by atoms with van der Waals surface area (Å²) in [5.74, 6) is -0.168. The molecular weight excluding hydrogens is 412 g/mol. The molecular formula is C26H24N6O. The normalized spacial score (nSPS) is 11.2. The van der Waals surface area contributed by atoms with E-state index in [-0.39, 0.29) is 5.91 Å². The van der Waals surface area contributed by atoms with E-state index in [1.807, 2.05) is 79.4 Å². The van der Waals surface area contributed by atoms with E-state index in [4.69, 9.17) is 0 Å². The van der Waals surface area contributed by atoms with Gasteiger partial charge in [-0.25, -0.2) is 9.97 Å². The largest absolute Gasteiger partial charge is 0.335 e. The van der Waals surface area contributed by atoms with Crippen molar-refractivity contribution in [3.05, 3.63) is 78.9 Å². The van der Waals surface area contributed by atoms with Crippen LogP contribution in [-0.2, 0) is 11.8 Å². The summed E-state index contributed by atoms with van der Waals surface area (Å²) in [5.41, 5.74) is 5.71. The summed E-state index contributed by atoms with van der Waals surface area (Å²) in [6.07, 6.45) is 8.85. The number of rotatable bonds is 6. The predicted octanol–water partition coefficient (Wildman–Crippen LogP) is 4.23. The Labute approximate surface area is 192 Å². The lowest BCUT2D eigenvalue weighted by atomic mass is 10.0. The number of amides is 1. The minimum atomic E-state index is -0.168. The number of pyridine rings is 2. The Kier molecular flexibility index (Phi) is 6.29. The molecule has 0 aliphatic carbocycles. The Hall–Kier alpha value is -4.28. The maximum atomic E-state index is 12.2. The molecule has 33 heavy (non-hydrogen) atoms. The maximum absolute atomic E-state index is 12.2. The van der Waals surface area contributed by atoms with E-state index in [1.165, 1.54) is 0 Å². The molecule has 0 saturated carbocycles. The van der Waals surface area contributed by atoms with Gasteiger partial charge in [-0.15, -0.1) is 0 Å². The lowest BCUT2D eigenvalue weighted by Crippen LogP contribution is -2.12. The highest BCUT2D eigenvalue weighted by atomic mass is 16.1. The van der Waals surface area contributed by atoms with Crippen LogP contribution in [0.5, 0.6) is 0 Å². The summed E-state index contributed by atoms with van der Waals surface area (Å²) in [6.45, 7) is 0.700. The first kappa shape index (κ1) is 21.9. The number of likely N-dealkylation sites (N-methyl/N-ethyl adjacent to an activating group) is 1. The van der Waals surface area contributed by atoms with Gasteiger partial charge < -0.3 is 14.8 Å². The maximum Gasteiger partial charge on any atom is 0.248 e. The summed E-state index contributed by atoms with van der Waals surface area (Å²) in [6, 6.07) is 15.5. The van der Waals surface area contributed by atoms with Gasteiger partial charge in [-0.2, -0.15) is 5.26 Å². The van der Waals surface area contributed by atoms with E-state index in [9.17, 15) is 10.1 Å². The van der Waals surface area contributed by atoms with Crippen LogP contribution in [0.15, 0.2) is 73.2 Å². The molecule has 3 aromatic heterocycles. The molecule has 7 heteroatoms. The number of nitrogens with zero attached hydrogens (tertiary/aromatic N) is 5. The van der Waals surface area contributed by atoms with Crippen molar-refractivity contribution in [1.29, 1.82) is 5.26 Å². The van der Waals surface area contributed by atoms with Crippen LogP contribution < -0.4 is 5.32 Å². The van der Waals surface area contributed by atoms with Crippen LogP contribution in [0.3, 0.4) is 0 Å².